The summed E-state index contributed by atoms with van der Waals surface area (Å²) in [6.45, 7) is 10.4. The van der Waals surface area contributed by atoms with Gasteiger partial charge in [0.25, 0.3) is 0 Å². The second-order valence-corrected chi connectivity index (χ2v) is 4.48. The highest BCUT2D eigenvalue weighted by atomic mass is 16.3. The molecule has 0 saturated heterocycles. The Morgan fingerprint density at radius 2 is 1.84 bits per heavy atom. The van der Waals surface area contributed by atoms with Gasteiger partial charge in [0.05, 0.1) is 6.54 Å². The van der Waals surface area contributed by atoms with Crippen molar-refractivity contribution in [1.82, 2.24) is 4.90 Å². The zero-order valence-electron chi connectivity index (χ0n) is 11.1. The van der Waals surface area contributed by atoms with Crippen molar-refractivity contribution in [3.8, 4) is 0 Å². The molecule has 0 radical (unpaired) electrons. The van der Waals surface area contributed by atoms with Gasteiger partial charge in [-0.1, -0.05) is 30.4 Å². The molecular formula is C16H20N2O. The van der Waals surface area contributed by atoms with Gasteiger partial charge >= 0.3 is 0 Å². The summed E-state index contributed by atoms with van der Waals surface area (Å²) in [6, 6.07) is 8.01. The smallest absolute Gasteiger partial charge is 0.134 e. The van der Waals surface area contributed by atoms with Gasteiger partial charge in [0, 0.05) is 30.6 Å². The van der Waals surface area contributed by atoms with Crippen LogP contribution in [0, 0.1) is 0 Å². The van der Waals surface area contributed by atoms with E-state index >= 15 is 0 Å². The molecule has 0 aliphatic carbocycles. The number of hydrogen-bond acceptors (Lipinski definition) is 3. The second-order valence-electron chi connectivity index (χ2n) is 4.48. The summed E-state index contributed by atoms with van der Waals surface area (Å²) in [5.74, 6) is 0.937. The molecule has 2 aromatic rings. The molecule has 0 fully saturated rings. The average molecular weight is 256 g/mol. The molecule has 1 aromatic heterocycles. The number of benzene rings is 1. The van der Waals surface area contributed by atoms with Crippen molar-refractivity contribution in [1.29, 1.82) is 0 Å². The molecule has 0 aliphatic heterocycles. The zero-order chi connectivity index (χ0) is 13.7. The first-order valence-corrected chi connectivity index (χ1v) is 6.43. The van der Waals surface area contributed by atoms with E-state index in [1.54, 1.807) is 0 Å². The van der Waals surface area contributed by atoms with Crippen molar-refractivity contribution in [2.24, 2.45) is 5.73 Å². The number of para-hydroxylation sites is 1. The van der Waals surface area contributed by atoms with Crippen LogP contribution in [0.3, 0.4) is 0 Å². The number of furan rings is 1. The van der Waals surface area contributed by atoms with Gasteiger partial charge in [0.2, 0.25) is 0 Å². The molecule has 3 nitrogen and oxygen atoms in total. The first-order chi connectivity index (χ1) is 9.30. The lowest BCUT2D eigenvalue weighted by atomic mass is 10.1. The van der Waals surface area contributed by atoms with E-state index in [1.807, 2.05) is 30.4 Å². The van der Waals surface area contributed by atoms with Crippen LogP contribution in [-0.2, 0) is 13.1 Å². The minimum absolute atomic E-state index is 0.488. The number of fused-ring (bicyclic) bond motifs is 1. The molecule has 0 amide bonds. The maximum Gasteiger partial charge on any atom is 0.134 e. The predicted molar refractivity (Wildman–Crippen MR) is 79.8 cm³/mol. The van der Waals surface area contributed by atoms with Crippen molar-refractivity contribution in [2.45, 2.75) is 13.1 Å². The van der Waals surface area contributed by atoms with E-state index in [-0.39, 0.29) is 0 Å². The molecule has 0 atom stereocenters. The molecule has 1 aromatic carbocycles. The van der Waals surface area contributed by atoms with Crippen molar-refractivity contribution in [3.05, 3.63) is 60.9 Å². The topological polar surface area (TPSA) is 42.4 Å². The van der Waals surface area contributed by atoms with Gasteiger partial charge in [-0.3, -0.25) is 4.90 Å². The fourth-order valence-corrected chi connectivity index (χ4v) is 2.27. The van der Waals surface area contributed by atoms with Gasteiger partial charge < -0.3 is 10.2 Å². The maximum atomic E-state index is 5.92. The summed E-state index contributed by atoms with van der Waals surface area (Å²) in [5, 5.41) is 1.11. The largest absolute Gasteiger partial charge is 0.459 e. The van der Waals surface area contributed by atoms with E-state index in [0.717, 1.165) is 41.9 Å². The lowest BCUT2D eigenvalue weighted by Crippen LogP contribution is -2.23. The third-order valence-corrected chi connectivity index (χ3v) is 3.13. The SMILES string of the molecule is C=CCN(CC=C)Cc1oc2ccccc2c1CN. The summed E-state index contributed by atoms with van der Waals surface area (Å²) in [5.41, 5.74) is 7.86. The molecule has 100 valence electrons. The van der Waals surface area contributed by atoms with Crippen LogP contribution in [0.25, 0.3) is 11.0 Å². The van der Waals surface area contributed by atoms with E-state index in [1.165, 1.54) is 0 Å². The number of rotatable bonds is 7. The van der Waals surface area contributed by atoms with Crippen molar-refractivity contribution < 1.29 is 4.42 Å². The van der Waals surface area contributed by atoms with E-state index in [4.69, 9.17) is 10.2 Å². The fraction of sp³-hybridized carbons (Fsp3) is 0.250. The summed E-state index contributed by atoms with van der Waals surface area (Å²) < 4.78 is 5.92. The Morgan fingerprint density at radius 3 is 2.47 bits per heavy atom. The van der Waals surface area contributed by atoms with Crippen molar-refractivity contribution in [3.63, 3.8) is 0 Å². The molecule has 0 spiro atoms. The van der Waals surface area contributed by atoms with Crippen LogP contribution in [0.4, 0.5) is 0 Å². The van der Waals surface area contributed by atoms with Gasteiger partial charge in [-0.05, 0) is 6.07 Å². The summed E-state index contributed by atoms with van der Waals surface area (Å²) in [7, 11) is 0. The minimum atomic E-state index is 0.488. The molecule has 1 heterocycles. The van der Waals surface area contributed by atoms with Gasteiger partial charge in [-0.2, -0.15) is 0 Å². The summed E-state index contributed by atoms with van der Waals surface area (Å²) in [6.07, 6.45) is 3.77. The monoisotopic (exact) mass is 256 g/mol. The molecule has 2 N–H and O–H groups in total. The van der Waals surface area contributed by atoms with E-state index < -0.39 is 0 Å². The highest BCUT2D eigenvalue weighted by molar-refractivity contribution is 5.82. The lowest BCUT2D eigenvalue weighted by Gasteiger charge is -2.17. The number of nitrogens with two attached hydrogens (primary N) is 1. The van der Waals surface area contributed by atoms with Crippen molar-refractivity contribution >= 4 is 11.0 Å². The molecule has 0 bridgehead atoms. The van der Waals surface area contributed by atoms with Gasteiger partial charge in [0.1, 0.15) is 11.3 Å². The zero-order valence-corrected chi connectivity index (χ0v) is 11.1. The molecule has 0 saturated carbocycles. The predicted octanol–water partition coefficient (Wildman–Crippen LogP) is 3.07. The Balaban J connectivity index is 2.32. The second kappa shape index (κ2) is 6.36. The summed E-state index contributed by atoms with van der Waals surface area (Å²) in [4.78, 5) is 2.21. The minimum Gasteiger partial charge on any atom is -0.459 e. The third-order valence-electron chi connectivity index (χ3n) is 3.13. The van der Waals surface area contributed by atoms with Crippen molar-refractivity contribution in [2.75, 3.05) is 13.1 Å². The van der Waals surface area contributed by atoms with E-state index in [2.05, 4.69) is 24.1 Å². The molecule has 19 heavy (non-hydrogen) atoms. The first kappa shape index (κ1) is 13.6. The quantitative estimate of drug-likeness (QED) is 0.774. The Kier molecular flexibility index (Phi) is 4.55. The van der Waals surface area contributed by atoms with Crippen LogP contribution in [0.15, 0.2) is 54.0 Å². The standard InChI is InChI=1S/C16H20N2O/c1-3-9-18(10-4-2)12-16-14(11-17)13-7-5-6-8-15(13)19-16/h3-8H,1-2,9-12,17H2. The van der Waals surface area contributed by atoms with E-state index in [0.29, 0.717) is 6.54 Å². The van der Waals surface area contributed by atoms with Crippen LogP contribution >= 0.6 is 0 Å². The van der Waals surface area contributed by atoms with E-state index in [9.17, 15) is 0 Å². The highest BCUT2D eigenvalue weighted by Crippen LogP contribution is 2.26. The Labute approximate surface area is 114 Å². The van der Waals surface area contributed by atoms with Gasteiger partial charge in [-0.15, -0.1) is 13.2 Å². The molecule has 0 unspecified atom stereocenters. The Bertz CT molecular complexity index is 561. The number of nitrogens with zero attached hydrogens (tertiary/aromatic N) is 1. The maximum absolute atomic E-state index is 5.92. The van der Waals surface area contributed by atoms with Crippen LogP contribution in [-0.4, -0.2) is 18.0 Å². The summed E-state index contributed by atoms with van der Waals surface area (Å²) >= 11 is 0. The average Bonchev–Trinajstić information content (AvgIpc) is 2.76. The van der Waals surface area contributed by atoms with Crippen LogP contribution in [0.2, 0.25) is 0 Å². The molecule has 2 rings (SSSR count). The Hall–Kier alpha value is -1.84. The molecule has 0 aliphatic rings. The molecule has 3 heteroatoms. The fourth-order valence-electron chi connectivity index (χ4n) is 2.27. The number of hydrogen-bond donors (Lipinski definition) is 1. The van der Waals surface area contributed by atoms with Crippen LogP contribution in [0.5, 0.6) is 0 Å². The first-order valence-electron chi connectivity index (χ1n) is 6.43. The van der Waals surface area contributed by atoms with Gasteiger partial charge in [0.15, 0.2) is 0 Å². The third kappa shape index (κ3) is 2.95. The molecular weight excluding hydrogens is 236 g/mol. The van der Waals surface area contributed by atoms with Gasteiger partial charge in [-0.25, -0.2) is 0 Å². The normalized spacial score (nSPS) is 11.1. The van der Waals surface area contributed by atoms with Crippen LogP contribution in [0.1, 0.15) is 11.3 Å². The Morgan fingerprint density at radius 1 is 1.16 bits per heavy atom. The highest BCUT2D eigenvalue weighted by Gasteiger charge is 2.14. The van der Waals surface area contributed by atoms with Crippen LogP contribution < -0.4 is 5.73 Å². The lowest BCUT2D eigenvalue weighted by molar-refractivity contribution is 0.297.